The Labute approximate surface area is 95.4 Å². The van der Waals surface area contributed by atoms with Crippen LogP contribution in [0.1, 0.15) is 38.3 Å². The van der Waals surface area contributed by atoms with Gasteiger partial charge in [0.05, 0.1) is 18.1 Å². The molecule has 0 bridgehead atoms. The number of imidazole rings is 1. The molecule has 4 nitrogen and oxygen atoms in total. The molecule has 2 heterocycles. The van der Waals surface area contributed by atoms with E-state index in [9.17, 15) is 0 Å². The molecule has 2 rings (SSSR count). The van der Waals surface area contributed by atoms with Gasteiger partial charge in [0, 0.05) is 12.4 Å². The summed E-state index contributed by atoms with van der Waals surface area (Å²) in [6.07, 6.45) is 11.3. The highest BCUT2D eigenvalue weighted by Gasteiger charge is 2.06. The summed E-state index contributed by atoms with van der Waals surface area (Å²) in [6, 6.07) is 0. The topological polar surface area (TPSA) is 43.6 Å². The van der Waals surface area contributed by atoms with Crippen molar-refractivity contribution in [2.75, 3.05) is 0 Å². The van der Waals surface area contributed by atoms with Gasteiger partial charge in [0.2, 0.25) is 0 Å². The molecule has 1 atom stereocenters. The lowest BCUT2D eigenvalue weighted by molar-refractivity contribution is 0.643. The normalized spacial score (nSPS) is 12.6. The van der Waals surface area contributed by atoms with Gasteiger partial charge in [-0.2, -0.15) is 0 Å². The van der Waals surface area contributed by atoms with E-state index in [1.165, 1.54) is 6.42 Å². The summed E-state index contributed by atoms with van der Waals surface area (Å²) in [5, 5.41) is 0. The molecule has 0 fully saturated rings. The molecule has 2 aromatic rings. The Morgan fingerprint density at radius 2 is 2.19 bits per heavy atom. The zero-order valence-corrected chi connectivity index (χ0v) is 9.67. The van der Waals surface area contributed by atoms with Crippen molar-refractivity contribution in [3.8, 4) is 5.82 Å². The molecule has 0 radical (unpaired) electrons. The number of hydrogen-bond acceptors (Lipinski definition) is 3. The smallest absolute Gasteiger partial charge is 0.156 e. The lowest BCUT2D eigenvalue weighted by Crippen LogP contribution is -2.01. The molecule has 0 aliphatic heterocycles. The largest absolute Gasteiger partial charge is 0.289 e. The van der Waals surface area contributed by atoms with Crippen LogP contribution in [0.25, 0.3) is 5.82 Å². The van der Waals surface area contributed by atoms with E-state index in [0.717, 1.165) is 17.9 Å². The number of aromatic nitrogens is 4. The van der Waals surface area contributed by atoms with Crippen LogP contribution in [0.15, 0.2) is 31.1 Å². The predicted octanol–water partition coefficient (Wildman–Crippen LogP) is 2.57. The second-order valence-electron chi connectivity index (χ2n) is 3.96. The van der Waals surface area contributed by atoms with Gasteiger partial charge < -0.3 is 0 Å². The van der Waals surface area contributed by atoms with Gasteiger partial charge in [-0.05, 0) is 12.3 Å². The Hall–Kier alpha value is -1.71. The molecule has 16 heavy (non-hydrogen) atoms. The Bertz CT molecular complexity index is 419. The van der Waals surface area contributed by atoms with E-state index in [1.54, 1.807) is 18.7 Å². The van der Waals surface area contributed by atoms with Crippen LogP contribution >= 0.6 is 0 Å². The Balaban J connectivity index is 2.16. The molecular formula is C12H16N4. The van der Waals surface area contributed by atoms with E-state index >= 15 is 0 Å². The quantitative estimate of drug-likeness (QED) is 0.789. The summed E-state index contributed by atoms with van der Waals surface area (Å²) in [6.45, 7) is 4.37. The maximum atomic E-state index is 4.44. The van der Waals surface area contributed by atoms with Crippen LogP contribution in [0, 0.1) is 0 Å². The first-order valence-electron chi connectivity index (χ1n) is 5.61. The summed E-state index contributed by atoms with van der Waals surface area (Å²) >= 11 is 0. The third-order valence-electron chi connectivity index (χ3n) is 2.65. The molecule has 2 aromatic heterocycles. The number of nitrogens with zero attached hydrogens (tertiary/aromatic N) is 4. The van der Waals surface area contributed by atoms with Crippen LogP contribution in [0.5, 0.6) is 0 Å². The molecule has 0 N–H and O–H groups in total. The third kappa shape index (κ3) is 2.27. The van der Waals surface area contributed by atoms with E-state index in [0.29, 0.717) is 5.92 Å². The Morgan fingerprint density at radius 1 is 1.31 bits per heavy atom. The molecular weight excluding hydrogens is 200 g/mol. The van der Waals surface area contributed by atoms with Gasteiger partial charge in [0.1, 0.15) is 6.33 Å². The van der Waals surface area contributed by atoms with E-state index in [-0.39, 0.29) is 0 Å². The Morgan fingerprint density at radius 3 is 2.75 bits per heavy atom. The zero-order chi connectivity index (χ0) is 11.4. The first-order chi connectivity index (χ1) is 7.81. The van der Waals surface area contributed by atoms with Crippen molar-refractivity contribution in [3.05, 3.63) is 36.8 Å². The van der Waals surface area contributed by atoms with E-state index < -0.39 is 0 Å². The third-order valence-corrected chi connectivity index (χ3v) is 2.65. The van der Waals surface area contributed by atoms with Gasteiger partial charge >= 0.3 is 0 Å². The van der Waals surface area contributed by atoms with Crippen molar-refractivity contribution >= 4 is 0 Å². The second-order valence-corrected chi connectivity index (χ2v) is 3.96. The fourth-order valence-electron chi connectivity index (χ4n) is 1.69. The van der Waals surface area contributed by atoms with Crippen LogP contribution in [0.3, 0.4) is 0 Å². The highest BCUT2D eigenvalue weighted by Crippen LogP contribution is 2.17. The van der Waals surface area contributed by atoms with Gasteiger partial charge in [-0.3, -0.25) is 9.55 Å². The van der Waals surface area contributed by atoms with Crippen LogP contribution in [-0.2, 0) is 0 Å². The van der Waals surface area contributed by atoms with Gasteiger partial charge in [0.15, 0.2) is 5.82 Å². The van der Waals surface area contributed by atoms with E-state index in [4.69, 9.17) is 0 Å². The summed E-state index contributed by atoms with van der Waals surface area (Å²) in [5.74, 6) is 1.29. The highest BCUT2D eigenvalue weighted by molar-refractivity contribution is 5.19. The van der Waals surface area contributed by atoms with Crippen LogP contribution in [0.4, 0.5) is 0 Å². The van der Waals surface area contributed by atoms with Crippen molar-refractivity contribution in [2.45, 2.75) is 32.6 Å². The first kappa shape index (κ1) is 10.8. The Kier molecular flexibility index (Phi) is 3.29. The van der Waals surface area contributed by atoms with Crippen LogP contribution < -0.4 is 0 Å². The number of hydrogen-bond donors (Lipinski definition) is 0. The predicted molar refractivity (Wildman–Crippen MR) is 62.5 cm³/mol. The molecule has 84 valence electrons. The molecule has 0 spiro atoms. The van der Waals surface area contributed by atoms with Crippen molar-refractivity contribution < 1.29 is 0 Å². The second kappa shape index (κ2) is 4.88. The molecule has 4 heteroatoms. The highest BCUT2D eigenvalue weighted by atomic mass is 15.1. The lowest BCUT2D eigenvalue weighted by Gasteiger charge is -2.09. The maximum absolute atomic E-state index is 4.44. The minimum absolute atomic E-state index is 0.481. The lowest BCUT2D eigenvalue weighted by atomic mass is 10.0. The monoisotopic (exact) mass is 216 g/mol. The van der Waals surface area contributed by atoms with Crippen molar-refractivity contribution in [3.63, 3.8) is 0 Å². The van der Waals surface area contributed by atoms with Gasteiger partial charge in [-0.15, -0.1) is 0 Å². The van der Waals surface area contributed by atoms with Gasteiger partial charge in [-0.1, -0.05) is 20.3 Å². The minimum atomic E-state index is 0.481. The zero-order valence-electron chi connectivity index (χ0n) is 9.67. The SMILES string of the molecule is CCCC(C)c1cnc(-n2ccnc2)cn1. The molecule has 0 aliphatic rings. The fraction of sp³-hybridized carbons (Fsp3) is 0.417. The standard InChI is InChI=1S/C12H16N4/c1-3-4-10(2)11-7-15-12(8-14-11)16-6-5-13-9-16/h5-10H,3-4H2,1-2H3. The summed E-state index contributed by atoms with van der Waals surface area (Å²) in [7, 11) is 0. The molecule has 0 saturated heterocycles. The molecule has 0 amide bonds. The van der Waals surface area contributed by atoms with Gasteiger partial charge in [-0.25, -0.2) is 9.97 Å². The van der Waals surface area contributed by atoms with E-state index in [2.05, 4.69) is 28.8 Å². The summed E-state index contributed by atoms with van der Waals surface area (Å²) in [4.78, 5) is 12.8. The van der Waals surface area contributed by atoms with E-state index in [1.807, 2.05) is 17.0 Å². The molecule has 0 aromatic carbocycles. The maximum Gasteiger partial charge on any atom is 0.156 e. The van der Waals surface area contributed by atoms with Crippen LogP contribution in [0.2, 0.25) is 0 Å². The minimum Gasteiger partial charge on any atom is -0.289 e. The average molecular weight is 216 g/mol. The van der Waals surface area contributed by atoms with Gasteiger partial charge in [0.25, 0.3) is 0 Å². The molecule has 0 aliphatic carbocycles. The first-order valence-corrected chi connectivity index (χ1v) is 5.61. The fourth-order valence-corrected chi connectivity index (χ4v) is 1.69. The van der Waals surface area contributed by atoms with Crippen LogP contribution in [-0.4, -0.2) is 19.5 Å². The number of rotatable bonds is 4. The summed E-state index contributed by atoms with van der Waals surface area (Å²) < 4.78 is 1.85. The van der Waals surface area contributed by atoms with Crippen molar-refractivity contribution in [1.82, 2.24) is 19.5 Å². The molecule has 0 saturated carbocycles. The summed E-state index contributed by atoms with van der Waals surface area (Å²) in [5.41, 5.74) is 1.06. The van der Waals surface area contributed by atoms with Crippen molar-refractivity contribution in [2.24, 2.45) is 0 Å². The average Bonchev–Trinajstić information content (AvgIpc) is 2.83. The molecule has 1 unspecified atom stereocenters. The van der Waals surface area contributed by atoms with Crippen molar-refractivity contribution in [1.29, 1.82) is 0 Å².